The van der Waals surface area contributed by atoms with Crippen LogP contribution < -0.4 is 10.6 Å². The van der Waals surface area contributed by atoms with E-state index in [2.05, 4.69) is 4.90 Å². The fourth-order valence-electron chi connectivity index (χ4n) is 1.76. The van der Waals surface area contributed by atoms with Crippen molar-refractivity contribution in [2.24, 2.45) is 5.73 Å². The summed E-state index contributed by atoms with van der Waals surface area (Å²) in [6.45, 7) is 1.99. The van der Waals surface area contributed by atoms with Crippen molar-refractivity contribution >= 4 is 23.4 Å². The molecular weight excluding hydrogens is 208 g/mol. The normalized spacial score (nSPS) is 16.4. The number of primary amides is 1. The standard InChI is InChI=1S/C11H14N2OS/c12-11(14)9-3-1-2-4-10(9)13-5-7-15-8-6-13/h1-4H,5-8H2,(H2,12,14). The maximum atomic E-state index is 11.3. The minimum absolute atomic E-state index is 0.344. The number of nitrogens with zero attached hydrogens (tertiary/aromatic N) is 1. The molecule has 1 aliphatic heterocycles. The van der Waals surface area contributed by atoms with E-state index in [9.17, 15) is 4.79 Å². The number of hydrogen-bond acceptors (Lipinski definition) is 3. The topological polar surface area (TPSA) is 46.3 Å². The second kappa shape index (κ2) is 4.57. The lowest BCUT2D eigenvalue weighted by Gasteiger charge is -2.29. The highest BCUT2D eigenvalue weighted by molar-refractivity contribution is 7.99. The molecule has 0 aliphatic carbocycles. The highest BCUT2D eigenvalue weighted by atomic mass is 32.2. The minimum atomic E-state index is -0.344. The summed E-state index contributed by atoms with van der Waals surface area (Å²) in [6.07, 6.45) is 0. The Morgan fingerprint density at radius 3 is 2.60 bits per heavy atom. The molecule has 0 atom stereocenters. The van der Waals surface area contributed by atoms with Gasteiger partial charge in [-0.25, -0.2) is 0 Å². The molecule has 2 rings (SSSR count). The van der Waals surface area contributed by atoms with Crippen molar-refractivity contribution in [3.63, 3.8) is 0 Å². The molecular formula is C11H14N2OS. The third kappa shape index (κ3) is 2.26. The van der Waals surface area contributed by atoms with Gasteiger partial charge in [-0.15, -0.1) is 0 Å². The molecule has 1 saturated heterocycles. The molecule has 1 aromatic carbocycles. The lowest BCUT2D eigenvalue weighted by molar-refractivity contribution is 0.100. The highest BCUT2D eigenvalue weighted by Crippen LogP contribution is 2.23. The van der Waals surface area contributed by atoms with Gasteiger partial charge >= 0.3 is 0 Å². The van der Waals surface area contributed by atoms with E-state index in [0.29, 0.717) is 5.56 Å². The molecule has 15 heavy (non-hydrogen) atoms. The Hall–Kier alpha value is -1.16. The van der Waals surface area contributed by atoms with E-state index in [0.717, 1.165) is 30.3 Å². The first kappa shape index (κ1) is 10.4. The quantitative estimate of drug-likeness (QED) is 0.821. The van der Waals surface area contributed by atoms with Gasteiger partial charge in [-0.3, -0.25) is 4.79 Å². The van der Waals surface area contributed by atoms with Gasteiger partial charge in [0.2, 0.25) is 0 Å². The lowest BCUT2D eigenvalue weighted by atomic mass is 10.1. The van der Waals surface area contributed by atoms with Crippen LogP contribution in [0, 0.1) is 0 Å². The van der Waals surface area contributed by atoms with Crippen LogP contribution in [0.2, 0.25) is 0 Å². The fourth-order valence-corrected chi connectivity index (χ4v) is 2.67. The Balaban J connectivity index is 2.29. The predicted octanol–water partition coefficient (Wildman–Crippen LogP) is 1.34. The molecule has 1 amide bonds. The Morgan fingerprint density at radius 1 is 1.27 bits per heavy atom. The zero-order valence-electron chi connectivity index (χ0n) is 8.48. The molecule has 1 fully saturated rings. The van der Waals surface area contributed by atoms with Gasteiger partial charge in [0.05, 0.1) is 5.56 Å². The Bertz CT molecular complexity index is 361. The number of rotatable bonds is 2. The predicted molar refractivity (Wildman–Crippen MR) is 64.5 cm³/mol. The molecule has 1 aromatic rings. The number of nitrogens with two attached hydrogens (primary N) is 1. The zero-order valence-corrected chi connectivity index (χ0v) is 9.30. The molecule has 2 N–H and O–H groups in total. The van der Waals surface area contributed by atoms with Crippen molar-refractivity contribution in [3.8, 4) is 0 Å². The van der Waals surface area contributed by atoms with Crippen LogP contribution in [0.15, 0.2) is 24.3 Å². The summed E-state index contributed by atoms with van der Waals surface area (Å²) >= 11 is 1.95. The number of anilines is 1. The summed E-state index contributed by atoms with van der Waals surface area (Å²) in [5.41, 5.74) is 6.96. The van der Waals surface area contributed by atoms with Gasteiger partial charge in [-0.1, -0.05) is 12.1 Å². The maximum absolute atomic E-state index is 11.3. The summed E-state index contributed by atoms with van der Waals surface area (Å²) in [7, 11) is 0. The molecule has 3 nitrogen and oxygen atoms in total. The first-order chi connectivity index (χ1) is 7.29. The van der Waals surface area contributed by atoms with Gasteiger partial charge in [-0.2, -0.15) is 11.8 Å². The van der Waals surface area contributed by atoms with E-state index < -0.39 is 0 Å². The number of carbonyl (C=O) groups is 1. The number of carbonyl (C=O) groups excluding carboxylic acids is 1. The molecule has 4 heteroatoms. The highest BCUT2D eigenvalue weighted by Gasteiger charge is 2.16. The van der Waals surface area contributed by atoms with Crippen LogP contribution in [0.4, 0.5) is 5.69 Å². The van der Waals surface area contributed by atoms with Crippen LogP contribution in [0.3, 0.4) is 0 Å². The van der Waals surface area contributed by atoms with Crippen molar-refractivity contribution in [1.29, 1.82) is 0 Å². The summed E-state index contributed by atoms with van der Waals surface area (Å²) in [6, 6.07) is 7.56. The van der Waals surface area contributed by atoms with Crippen LogP contribution in [-0.4, -0.2) is 30.5 Å². The van der Waals surface area contributed by atoms with Crippen LogP contribution in [0.25, 0.3) is 0 Å². The lowest BCUT2D eigenvalue weighted by Crippen LogP contribution is -2.34. The first-order valence-corrected chi connectivity index (χ1v) is 6.16. The average Bonchev–Trinajstić information content (AvgIpc) is 2.30. The van der Waals surface area contributed by atoms with Gasteiger partial charge in [0.15, 0.2) is 0 Å². The van der Waals surface area contributed by atoms with Gasteiger partial charge in [-0.05, 0) is 12.1 Å². The SMILES string of the molecule is NC(=O)c1ccccc1N1CCSCC1. The number of hydrogen-bond donors (Lipinski definition) is 1. The van der Waals surface area contributed by atoms with Crippen LogP contribution >= 0.6 is 11.8 Å². The molecule has 0 saturated carbocycles. The summed E-state index contributed by atoms with van der Waals surface area (Å²) in [5, 5.41) is 0. The third-order valence-electron chi connectivity index (χ3n) is 2.52. The Labute approximate surface area is 93.6 Å². The van der Waals surface area contributed by atoms with Crippen LogP contribution in [0.1, 0.15) is 10.4 Å². The smallest absolute Gasteiger partial charge is 0.250 e. The number of benzene rings is 1. The second-order valence-electron chi connectivity index (χ2n) is 3.48. The summed E-state index contributed by atoms with van der Waals surface area (Å²) in [4.78, 5) is 13.5. The van der Waals surface area contributed by atoms with Gasteiger partial charge in [0.1, 0.15) is 0 Å². The fraction of sp³-hybridized carbons (Fsp3) is 0.364. The molecule has 0 bridgehead atoms. The van der Waals surface area contributed by atoms with E-state index in [4.69, 9.17) is 5.73 Å². The Morgan fingerprint density at radius 2 is 1.93 bits per heavy atom. The molecule has 0 radical (unpaired) electrons. The second-order valence-corrected chi connectivity index (χ2v) is 4.71. The van der Waals surface area contributed by atoms with Gasteiger partial charge in [0, 0.05) is 30.3 Å². The van der Waals surface area contributed by atoms with E-state index >= 15 is 0 Å². The van der Waals surface area contributed by atoms with Crippen molar-refractivity contribution < 1.29 is 4.79 Å². The third-order valence-corrected chi connectivity index (χ3v) is 3.46. The Kier molecular flexibility index (Phi) is 3.16. The molecule has 0 unspecified atom stereocenters. The number of thioether (sulfide) groups is 1. The minimum Gasteiger partial charge on any atom is -0.369 e. The molecule has 1 heterocycles. The van der Waals surface area contributed by atoms with Crippen molar-refractivity contribution in [3.05, 3.63) is 29.8 Å². The molecule has 0 aromatic heterocycles. The van der Waals surface area contributed by atoms with E-state index in [1.54, 1.807) is 6.07 Å². The van der Waals surface area contributed by atoms with Crippen LogP contribution in [0.5, 0.6) is 0 Å². The van der Waals surface area contributed by atoms with Gasteiger partial charge < -0.3 is 10.6 Å². The van der Waals surface area contributed by atoms with Crippen molar-refractivity contribution in [2.75, 3.05) is 29.5 Å². The largest absolute Gasteiger partial charge is 0.369 e. The van der Waals surface area contributed by atoms with Crippen molar-refractivity contribution in [2.45, 2.75) is 0 Å². The van der Waals surface area contributed by atoms with Gasteiger partial charge in [0.25, 0.3) is 5.91 Å². The van der Waals surface area contributed by atoms with E-state index in [1.165, 1.54) is 0 Å². The molecule has 1 aliphatic rings. The van der Waals surface area contributed by atoms with Crippen molar-refractivity contribution in [1.82, 2.24) is 0 Å². The van der Waals surface area contributed by atoms with Crippen LogP contribution in [-0.2, 0) is 0 Å². The summed E-state index contributed by atoms with van der Waals surface area (Å²) < 4.78 is 0. The average molecular weight is 222 g/mol. The first-order valence-electron chi connectivity index (χ1n) is 5.00. The van der Waals surface area contributed by atoms with E-state index in [-0.39, 0.29) is 5.91 Å². The maximum Gasteiger partial charge on any atom is 0.250 e. The monoisotopic (exact) mass is 222 g/mol. The number of amides is 1. The number of para-hydroxylation sites is 1. The molecule has 0 spiro atoms. The van der Waals surface area contributed by atoms with E-state index in [1.807, 2.05) is 30.0 Å². The summed E-state index contributed by atoms with van der Waals surface area (Å²) in [5.74, 6) is 1.89. The molecule has 80 valence electrons. The zero-order chi connectivity index (χ0) is 10.7.